The van der Waals surface area contributed by atoms with Crippen molar-refractivity contribution in [3.05, 3.63) is 59.9 Å². The van der Waals surface area contributed by atoms with Gasteiger partial charge in [-0.25, -0.2) is 0 Å². The lowest BCUT2D eigenvalue weighted by atomic mass is 10.1. The predicted molar refractivity (Wildman–Crippen MR) is 120 cm³/mol. The minimum atomic E-state index is -0.234. The summed E-state index contributed by atoms with van der Waals surface area (Å²) in [6, 6.07) is 13.2. The topological polar surface area (TPSA) is 78.3 Å². The van der Waals surface area contributed by atoms with Gasteiger partial charge in [0.15, 0.2) is 17.3 Å². The molecule has 0 fully saturated rings. The molecule has 0 aliphatic carbocycles. The number of aromatic nitrogens is 3. The second-order valence-electron chi connectivity index (χ2n) is 7.39. The molecular weight excluding hydrogens is 392 g/mol. The maximum Gasteiger partial charge on any atom is 0.248 e. The fourth-order valence-corrected chi connectivity index (χ4v) is 3.83. The SMILES string of the molecule is COc1cccc(/C=C/C(=O)Nc2cccc(-c3nnc4n3CCCCC4)c2)c1OC. The molecule has 1 aromatic heterocycles. The predicted octanol–water partition coefficient (Wildman–Crippen LogP) is 4.34. The molecule has 0 saturated heterocycles. The number of nitrogens with one attached hydrogen (secondary N) is 1. The first-order valence-corrected chi connectivity index (χ1v) is 10.4. The fourth-order valence-electron chi connectivity index (χ4n) is 3.83. The number of ether oxygens (including phenoxy) is 2. The Kier molecular flexibility index (Phi) is 6.31. The summed E-state index contributed by atoms with van der Waals surface area (Å²) in [5.74, 6) is 2.86. The molecule has 1 aliphatic rings. The van der Waals surface area contributed by atoms with E-state index in [0.717, 1.165) is 48.6 Å². The Morgan fingerprint density at radius 2 is 1.94 bits per heavy atom. The van der Waals surface area contributed by atoms with Gasteiger partial charge in [0.2, 0.25) is 5.91 Å². The molecule has 1 amide bonds. The van der Waals surface area contributed by atoms with Crippen molar-refractivity contribution in [1.29, 1.82) is 0 Å². The zero-order chi connectivity index (χ0) is 21.6. The van der Waals surface area contributed by atoms with Crippen molar-refractivity contribution in [2.45, 2.75) is 32.2 Å². The Bertz CT molecular complexity index is 1100. The Morgan fingerprint density at radius 1 is 1.06 bits per heavy atom. The van der Waals surface area contributed by atoms with Crippen molar-refractivity contribution < 1.29 is 14.3 Å². The summed E-state index contributed by atoms with van der Waals surface area (Å²) in [5, 5.41) is 11.7. The summed E-state index contributed by atoms with van der Waals surface area (Å²) < 4.78 is 12.9. The maximum atomic E-state index is 12.5. The number of hydrogen-bond donors (Lipinski definition) is 1. The number of carbonyl (C=O) groups excluding carboxylic acids is 1. The second kappa shape index (κ2) is 9.47. The lowest BCUT2D eigenvalue weighted by Gasteiger charge is -2.10. The maximum absolute atomic E-state index is 12.5. The Morgan fingerprint density at radius 3 is 2.77 bits per heavy atom. The lowest BCUT2D eigenvalue weighted by Crippen LogP contribution is -2.08. The summed E-state index contributed by atoms with van der Waals surface area (Å²) >= 11 is 0. The summed E-state index contributed by atoms with van der Waals surface area (Å²) in [4.78, 5) is 12.5. The molecule has 31 heavy (non-hydrogen) atoms. The molecule has 7 heteroatoms. The number of anilines is 1. The average molecular weight is 418 g/mol. The van der Waals surface area contributed by atoms with Crippen LogP contribution >= 0.6 is 0 Å². The van der Waals surface area contributed by atoms with Gasteiger partial charge in [-0.1, -0.05) is 30.7 Å². The first-order valence-electron chi connectivity index (χ1n) is 10.4. The molecule has 160 valence electrons. The largest absolute Gasteiger partial charge is 0.493 e. The number of amides is 1. The van der Waals surface area contributed by atoms with Crippen LogP contribution < -0.4 is 14.8 Å². The Hall–Kier alpha value is -3.61. The minimum Gasteiger partial charge on any atom is -0.493 e. The molecule has 3 aromatic rings. The van der Waals surface area contributed by atoms with Crippen LogP contribution in [0.4, 0.5) is 5.69 Å². The van der Waals surface area contributed by atoms with E-state index in [-0.39, 0.29) is 5.91 Å². The monoisotopic (exact) mass is 418 g/mol. The van der Waals surface area contributed by atoms with E-state index in [1.54, 1.807) is 20.3 Å². The van der Waals surface area contributed by atoms with E-state index in [9.17, 15) is 4.79 Å². The standard InChI is InChI=1S/C24H26N4O3/c1-30-20-11-7-8-17(23(20)31-2)13-14-22(29)25-19-10-6-9-18(16-19)24-27-26-21-12-4-3-5-15-28(21)24/h6-11,13-14,16H,3-5,12,15H2,1-2H3,(H,25,29)/b14-13+. The average Bonchev–Trinajstić information content (AvgIpc) is 3.05. The lowest BCUT2D eigenvalue weighted by molar-refractivity contribution is -0.111. The Labute approximate surface area is 181 Å². The van der Waals surface area contributed by atoms with Gasteiger partial charge in [-0.3, -0.25) is 4.79 Å². The van der Waals surface area contributed by atoms with Crippen LogP contribution in [0.15, 0.2) is 48.5 Å². The van der Waals surface area contributed by atoms with Crippen molar-refractivity contribution in [3.63, 3.8) is 0 Å². The summed E-state index contributed by atoms with van der Waals surface area (Å²) in [6.45, 7) is 0.930. The van der Waals surface area contributed by atoms with Gasteiger partial charge in [0.25, 0.3) is 0 Å². The van der Waals surface area contributed by atoms with E-state index in [1.807, 2.05) is 42.5 Å². The number of carbonyl (C=O) groups is 1. The van der Waals surface area contributed by atoms with Gasteiger partial charge in [-0.2, -0.15) is 0 Å². The number of nitrogens with zero attached hydrogens (tertiary/aromatic N) is 3. The van der Waals surface area contributed by atoms with Crippen LogP contribution in [0.3, 0.4) is 0 Å². The van der Waals surface area contributed by atoms with Crippen molar-refractivity contribution in [2.24, 2.45) is 0 Å². The van der Waals surface area contributed by atoms with E-state index < -0.39 is 0 Å². The fraction of sp³-hybridized carbons (Fsp3) is 0.292. The molecule has 0 unspecified atom stereocenters. The van der Waals surface area contributed by atoms with Gasteiger partial charge >= 0.3 is 0 Å². The van der Waals surface area contributed by atoms with Crippen LogP contribution in [-0.4, -0.2) is 34.9 Å². The van der Waals surface area contributed by atoms with Crippen LogP contribution in [-0.2, 0) is 17.8 Å². The van der Waals surface area contributed by atoms with Gasteiger partial charge in [-0.15, -0.1) is 10.2 Å². The van der Waals surface area contributed by atoms with Crippen LogP contribution in [0.25, 0.3) is 17.5 Å². The van der Waals surface area contributed by atoms with Gasteiger partial charge in [0.05, 0.1) is 14.2 Å². The smallest absolute Gasteiger partial charge is 0.248 e. The van der Waals surface area contributed by atoms with E-state index in [1.165, 1.54) is 12.5 Å². The van der Waals surface area contributed by atoms with Crippen molar-refractivity contribution in [3.8, 4) is 22.9 Å². The highest BCUT2D eigenvalue weighted by Crippen LogP contribution is 2.31. The molecule has 0 bridgehead atoms. The molecule has 0 spiro atoms. The molecule has 2 heterocycles. The number of aryl methyl sites for hydroxylation is 1. The first kappa shape index (κ1) is 20.7. The van der Waals surface area contributed by atoms with E-state index in [4.69, 9.17) is 9.47 Å². The highest BCUT2D eigenvalue weighted by molar-refractivity contribution is 6.02. The minimum absolute atomic E-state index is 0.234. The number of fused-ring (bicyclic) bond motifs is 1. The van der Waals surface area contributed by atoms with Crippen LogP contribution in [0, 0.1) is 0 Å². The second-order valence-corrected chi connectivity index (χ2v) is 7.39. The first-order chi connectivity index (χ1) is 15.2. The third kappa shape index (κ3) is 4.60. The third-order valence-corrected chi connectivity index (χ3v) is 5.35. The van der Waals surface area contributed by atoms with Crippen LogP contribution in [0.5, 0.6) is 11.5 Å². The molecular formula is C24H26N4O3. The number of hydrogen-bond acceptors (Lipinski definition) is 5. The van der Waals surface area contributed by atoms with Crippen LogP contribution in [0.1, 0.15) is 30.7 Å². The summed E-state index contributed by atoms with van der Waals surface area (Å²) in [5.41, 5.74) is 2.41. The number of methoxy groups -OCH3 is 2. The molecule has 7 nitrogen and oxygen atoms in total. The molecule has 2 aromatic carbocycles. The van der Waals surface area contributed by atoms with E-state index >= 15 is 0 Å². The normalized spacial score (nSPS) is 13.5. The van der Waals surface area contributed by atoms with Crippen LogP contribution in [0.2, 0.25) is 0 Å². The molecule has 4 rings (SSSR count). The summed E-state index contributed by atoms with van der Waals surface area (Å²) in [6.07, 6.45) is 7.64. The van der Waals surface area contributed by atoms with Crippen molar-refractivity contribution in [2.75, 3.05) is 19.5 Å². The van der Waals surface area contributed by atoms with E-state index in [2.05, 4.69) is 20.1 Å². The van der Waals surface area contributed by atoms with Crippen molar-refractivity contribution in [1.82, 2.24) is 14.8 Å². The number of para-hydroxylation sites is 1. The number of rotatable bonds is 6. The quantitative estimate of drug-likeness (QED) is 0.603. The van der Waals surface area contributed by atoms with Gasteiger partial charge < -0.3 is 19.4 Å². The highest BCUT2D eigenvalue weighted by Gasteiger charge is 2.16. The molecule has 0 atom stereocenters. The molecule has 0 radical (unpaired) electrons. The summed E-state index contributed by atoms with van der Waals surface area (Å²) in [7, 11) is 3.16. The third-order valence-electron chi connectivity index (χ3n) is 5.35. The molecule has 1 aliphatic heterocycles. The highest BCUT2D eigenvalue weighted by atomic mass is 16.5. The van der Waals surface area contributed by atoms with E-state index in [0.29, 0.717) is 17.2 Å². The van der Waals surface area contributed by atoms with Gasteiger partial charge in [0, 0.05) is 35.9 Å². The zero-order valence-electron chi connectivity index (χ0n) is 17.8. The van der Waals surface area contributed by atoms with Gasteiger partial charge in [0.1, 0.15) is 5.82 Å². The molecule has 1 N–H and O–H groups in total. The van der Waals surface area contributed by atoms with Gasteiger partial charge in [-0.05, 0) is 37.1 Å². The van der Waals surface area contributed by atoms with Crippen molar-refractivity contribution >= 4 is 17.7 Å². The molecule has 0 saturated carbocycles. The Balaban J connectivity index is 1.51. The number of benzene rings is 2. The zero-order valence-corrected chi connectivity index (χ0v) is 17.8.